The van der Waals surface area contributed by atoms with Gasteiger partial charge in [-0.3, -0.25) is 0 Å². The lowest BCUT2D eigenvalue weighted by molar-refractivity contribution is 0.166. The number of hydrogen-bond donors (Lipinski definition) is 1. The lowest BCUT2D eigenvalue weighted by Crippen LogP contribution is -2.41. The summed E-state index contributed by atoms with van der Waals surface area (Å²) in [6.07, 6.45) is 2.35. The van der Waals surface area contributed by atoms with Gasteiger partial charge in [0.1, 0.15) is 17.6 Å². The summed E-state index contributed by atoms with van der Waals surface area (Å²) in [5, 5.41) is 3.51. The molecule has 0 spiro atoms. The summed E-state index contributed by atoms with van der Waals surface area (Å²) in [6, 6.07) is 8.14. The topological polar surface area (TPSA) is 30.5 Å². The quantitative estimate of drug-likeness (QED) is 0.769. The maximum atomic E-state index is 5.96. The van der Waals surface area contributed by atoms with E-state index >= 15 is 0 Å². The highest BCUT2D eigenvalue weighted by Crippen LogP contribution is 2.20. The van der Waals surface area contributed by atoms with Gasteiger partial charge in [-0.1, -0.05) is 19.9 Å². The highest BCUT2D eigenvalue weighted by Gasteiger charge is 2.16. The second kappa shape index (κ2) is 7.98. The van der Waals surface area contributed by atoms with E-state index in [2.05, 4.69) is 26.1 Å². The molecule has 0 heterocycles. The average molecular weight is 251 g/mol. The van der Waals surface area contributed by atoms with E-state index in [0.717, 1.165) is 30.9 Å². The highest BCUT2D eigenvalue weighted by molar-refractivity contribution is 5.33. The molecule has 2 unspecified atom stereocenters. The standard InChI is InChI=1S/C15H25NO2/c1-5-10-16-15(6-2)12(3)18-14-9-7-8-13(11-14)17-4/h7-9,11-12,15-16H,5-6,10H2,1-4H3. The number of rotatable bonds is 8. The number of ether oxygens (including phenoxy) is 2. The fraction of sp³-hybridized carbons (Fsp3) is 0.600. The van der Waals surface area contributed by atoms with E-state index in [4.69, 9.17) is 9.47 Å². The molecule has 0 amide bonds. The van der Waals surface area contributed by atoms with Gasteiger partial charge < -0.3 is 14.8 Å². The Morgan fingerprint density at radius 3 is 2.56 bits per heavy atom. The molecule has 0 bridgehead atoms. The van der Waals surface area contributed by atoms with Gasteiger partial charge in [0.15, 0.2) is 0 Å². The van der Waals surface area contributed by atoms with Gasteiger partial charge in [0, 0.05) is 12.1 Å². The molecule has 1 rings (SSSR count). The Kier molecular flexibility index (Phi) is 6.58. The van der Waals surface area contributed by atoms with Crippen molar-refractivity contribution >= 4 is 0 Å². The van der Waals surface area contributed by atoms with Crippen LogP contribution >= 0.6 is 0 Å². The van der Waals surface area contributed by atoms with Crippen LogP contribution < -0.4 is 14.8 Å². The predicted octanol–water partition coefficient (Wildman–Crippen LogP) is 3.24. The maximum absolute atomic E-state index is 5.96. The smallest absolute Gasteiger partial charge is 0.123 e. The van der Waals surface area contributed by atoms with Crippen molar-refractivity contribution in [3.8, 4) is 11.5 Å². The van der Waals surface area contributed by atoms with Gasteiger partial charge in [0.2, 0.25) is 0 Å². The highest BCUT2D eigenvalue weighted by atomic mass is 16.5. The van der Waals surface area contributed by atoms with Crippen molar-refractivity contribution in [3.05, 3.63) is 24.3 Å². The van der Waals surface area contributed by atoms with Crippen molar-refractivity contribution in [2.45, 2.75) is 45.8 Å². The number of hydrogen-bond acceptors (Lipinski definition) is 3. The van der Waals surface area contributed by atoms with Crippen LogP contribution in [0.4, 0.5) is 0 Å². The van der Waals surface area contributed by atoms with Crippen LogP contribution in [-0.2, 0) is 0 Å². The summed E-state index contributed by atoms with van der Waals surface area (Å²) in [4.78, 5) is 0. The molecule has 2 atom stereocenters. The van der Waals surface area contributed by atoms with E-state index in [1.54, 1.807) is 7.11 Å². The molecule has 1 N–H and O–H groups in total. The molecule has 1 aromatic rings. The zero-order valence-electron chi connectivity index (χ0n) is 11.9. The minimum atomic E-state index is 0.147. The monoisotopic (exact) mass is 251 g/mol. The van der Waals surface area contributed by atoms with Gasteiger partial charge in [0.25, 0.3) is 0 Å². The third-order valence-electron chi connectivity index (χ3n) is 3.03. The van der Waals surface area contributed by atoms with Crippen molar-refractivity contribution in [3.63, 3.8) is 0 Å². The van der Waals surface area contributed by atoms with Crippen LogP contribution in [0.3, 0.4) is 0 Å². The normalized spacial score (nSPS) is 14.0. The van der Waals surface area contributed by atoms with Crippen molar-refractivity contribution in [1.29, 1.82) is 0 Å². The second-order valence-corrected chi connectivity index (χ2v) is 4.47. The van der Waals surface area contributed by atoms with Gasteiger partial charge >= 0.3 is 0 Å². The molecule has 3 nitrogen and oxygen atoms in total. The zero-order valence-corrected chi connectivity index (χ0v) is 11.9. The Bertz CT molecular complexity index is 341. The maximum Gasteiger partial charge on any atom is 0.123 e. The largest absolute Gasteiger partial charge is 0.497 e. The van der Waals surface area contributed by atoms with Gasteiger partial charge in [-0.05, 0) is 38.4 Å². The molecule has 0 aromatic heterocycles. The molecule has 0 aliphatic rings. The SMILES string of the molecule is CCCNC(CC)C(C)Oc1cccc(OC)c1. The van der Waals surface area contributed by atoms with Gasteiger partial charge in [-0.15, -0.1) is 0 Å². The van der Waals surface area contributed by atoms with Gasteiger partial charge in [0.05, 0.1) is 7.11 Å². The van der Waals surface area contributed by atoms with Crippen molar-refractivity contribution in [2.75, 3.05) is 13.7 Å². The molecule has 0 aliphatic heterocycles. The zero-order chi connectivity index (χ0) is 13.4. The molecule has 0 aliphatic carbocycles. The van der Waals surface area contributed by atoms with E-state index in [1.165, 1.54) is 0 Å². The molecule has 0 saturated carbocycles. The minimum Gasteiger partial charge on any atom is -0.497 e. The van der Waals surface area contributed by atoms with E-state index in [1.807, 2.05) is 24.3 Å². The first-order valence-corrected chi connectivity index (χ1v) is 6.75. The molecule has 102 valence electrons. The summed E-state index contributed by atoms with van der Waals surface area (Å²) in [7, 11) is 1.67. The van der Waals surface area contributed by atoms with Crippen LogP contribution in [0, 0.1) is 0 Å². The third-order valence-corrected chi connectivity index (χ3v) is 3.03. The van der Waals surface area contributed by atoms with Crippen LogP contribution in [0.1, 0.15) is 33.6 Å². The molecule has 0 fully saturated rings. The molecule has 0 saturated heterocycles. The third kappa shape index (κ3) is 4.57. The summed E-state index contributed by atoms with van der Waals surface area (Å²) < 4.78 is 11.2. The van der Waals surface area contributed by atoms with Gasteiger partial charge in [-0.25, -0.2) is 0 Å². The van der Waals surface area contributed by atoms with Crippen molar-refractivity contribution < 1.29 is 9.47 Å². The lowest BCUT2D eigenvalue weighted by Gasteiger charge is -2.25. The lowest BCUT2D eigenvalue weighted by atomic mass is 10.1. The van der Waals surface area contributed by atoms with Gasteiger partial charge in [-0.2, -0.15) is 0 Å². The first-order chi connectivity index (χ1) is 8.71. The summed E-state index contributed by atoms with van der Waals surface area (Å²) >= 11 is 0. The molecular formula is C15H25NO2. The second-order valence-electron chi connectivity index (χ2n) is 4.47. The van der Waals surface area contributed by atoms with E-state index in [0.29, 0.717) is 6.04 Å². The number of methoxy groups -OCH3 is 1. The molecule has 18 heavy (non-hydrogen) atoms. The van der Waals surface area contributed by atoms with Crippen molar-refractivity contribution in [1.82, 2.24) is 5.32 Å². The molecule has 0 radical (unpaired) electrons. The van der Waals surface area contributed by atoms with E-state index in [-0.39, 0.29) is 6.10 Å². The van der Waals surface area contributed by atoms with Crippen LogP contribution in [0.5, 0.6) is 11.5 Å². The van der Waals surface area contributed by atoms with Crippen LogP contribution in [0.25, 0.3) is 0 Å². The minimum absolute atomic E-state index is 0.147. The summed E-state index contributed by atoms with van der Waals surface area (Å²) in [5.74, 6) is 1.69. The molecule has 3 heteroatoms. The summed E-state index contributed by atoms with van der Waals surface area (Å²) in [5.41, 5.74) is 0. The number of benzene rings is 1. The fourth-order valence-electron chi connectivity index (χ4n) is 1.94. The van der Waals surface area contributed by atoms with Crippen molar-refractivity contribution in [2.24, 2.45) is 0 Å². The van der Waals surface area contributed by atoms with E-state index < -0.39 is 0 Å². The van der Waals surface area contributed by atoms with Crippen LogP contribution in [-0.4, -0.2) is 25.8 Å². The molecule has 1 aromatic carbocycles. The predicted molar refractivity (Wildman–Crippen MR) is 75.5 cm³/mol. The Labute approximate surface area is 110 Å². The fourth-order valence-corrected chi connectivity index (χ4v) is 1.94. The van der Waals surface area contributed by atoms with Crippen LogP contribution in [0.2, 0.25) is 0 Å². The Hall–Kier alpha value is -1.22. The summed E-state index contributed by atoms with van der Waals surface area (Å²) in [6.45, 7) is 7.49. The molecular weight excluding hydrogens is 226 g/mol. The average Bonchev–Trinajstić information content (AvgIpc) is 2.40. The Balaban J connectivity index is 2.58. The first-order valence-electron chi connectivity index (χ1n) is 6.75. The van der Waals surface area contributed by atoms with Crippen LogP contribution in [0.15, 0.2) is 24.3 Å². The Morgan fingerprint density at radius 1 is 1.22 bits per heavy atom. The Morgan fingerprint density at radius 2 is 1.94 bits per heavy atom. The number of nitrogens with one attached hydrogen (secondary N) is 1. The van der Waals surface area contributed by atoms with E-state index in [9.17, 15) is 0 Å². The first kappa shape index (κ1) is 14.8.